The monoisotopic (exact) mass is 314 g/mol. The van der Waals surface area contributed by atoms with Gasteiger partial charge in [-0.2, -0.15) is 4.73 Å². The number of benzene rings is 1. The topological polar surface area (TPSA) is 47.2 Å². The van der Waals surface area contributed by atoms with Crippen LogP contribution in [0, 0.1) is 5.21 Å². The third kappa shape index (κ3) is 2.68. The van der Waals surface area contributed by atoms with E-state index in [-0.39, 0.29) is 17.2 Å². The molecule has 1 aromatic carbocycles. The van der Waals surface area contributed by atoms with Gasteiger partial charge in [0.1, 0.15) is 0 Å². The van der Waals surface area contributed by atoms with Crippen LogP contribution in [-0.2, 0) is 11.2 Å². The maximum absolute atomic E-state index is 12.8. The highest BCUT2D eigenvalue weighted by atomic mass is 32.2. The van der Waals surface area contributed by atoms with Gasteiger partial charge in [-0.1, -0.05) is 18.2 Å². The number of carbonyl (C=O) groups excluding carboxylic acids is 1. The summed E-state index contributed by atoms with van der Waals surface area (Å²) in [6.45, 7) is 3.92. The van der Waals surface area contributed by atoms with Crippen molar-refractivity contribution in [1.82, 2.24) is 0 Å². The highest BCUT2D eigenvalue weighted by Gasteiger charge is 2.34. The second-order valence-corrected chi connectivity index (χ2v) is 6.88. The second kappa shape index (κ2) is 6.01. The number of nitrogens with zero attached hydrogens (tertiary/aromatic N) is 2. The molecule has 1 aliphatic heterocycles. The lowest BCUT2D eigenvalue weighted by molar-refractivity contribution is -0.645. The Hall–Kier alpha value is -2.01. The zero-order valence-electron chi connectivity index (χ0n) is 12.6. The predicted octanol–water partition coefficient (Wildman–Crippen LogP) is 2.78. The fourth-order valence-electron chi connectivity index (χ4n) is 2.83. The van der Waals surface area contributed by atoms with E-state index in [1.807, 2.05) is 36.1 Å². The van der Waals surface area contributed by atoms with Gasteiger partial charge in [0.2, 0.25) is 5.91 Å². The van der Waals surface area contributed by atoms with Crippen LogP contribution in [0.5, 0.6) is 0 Å². The lowest BCUT2D eigenvalue weighted by Crippen LogP contribution is -2.41. The van der Waals surface area contributed by atoms with E-state index in [9.17, 15) is 10.0 Å². The molecule has 0 spiro atoms. The number of rotatable bonds is 3. The summed E-state index contributed by atoms with van der Waals surface area (Å²) in [5.74, 6) is 0.0475. The number of amides is 1. The zero-order chi connectivity index (χ0) is 15.7. The van der Waals surface area contributed by atoms with Crippen molar-refractivity contribution in [2.45, 2.75) is 36.6 Å². The van der Waals surface area contributed by atoms with Gasteiger partial charge in [0, 0.05) is 23.9 Å². The molecule has 0 radical (unpaired) electrons. The average molecular weight is 314 g/mol. The number of aromatic nitrogens is 1. The smallest absolute Gasteiger partial charge is 0.252 e. The van der Waals surface area contributed by atoms with Crippen molar-refractivity contribution in [2.24, 2.45) is 0 Å². The average Bonchev–Trinajstić information content (AvgIpc) is 2.84. The van der Waals surface area contributed by atoms with Crippen molar-refractivity contribution in [1.29, 1.82) is 0 Å². The molecule has 3 rings (SSSR count). The van der Waals surface area contributed by atoms with Crippen molar-refractivity contribution < 1.29 is 9.52 Å². The Bertz CT molecular complexity index is 705. The summed E-state index contributed by atoms with van der Waals surface area (Å²) in [5.41, 5.74) is 2.20. The maximum Gasteiger partial charge on any atom is 0.252 e. The van der Waals surface area contributed by atoms with Crippen molar-refractivity contribution in [3.8, 4) is 0 Å². The van der Waals surface area contributed by atoms with Crippen LogP contribution < -0.4 is 9.63 Å². The highest BCUT2D eigenvalue weighted by Crippen LogP contribution is 2.34. The van der Waals surface area contributed by atoms with Gasteiger partial charge >= 0.3 is 0 Å². The molecule has 4 nitrogen and oxygen atoms in total. The van der Waals surface area contributed by atoms with Crippen LogP contribution in [-0.4, -0.2) is 17.2 Å². The summed E-state index contributed by atoms with van der Waals surface area (Å²) < 4.78 is 0.801. The quantitative estimate of drug-likeness (QED) is 0.497. The first-order valence-corrected chi connectivity index (χ1v) is 8.21. The Kier molecular flexibility index (Phi) is 4.07. The van der Waals surface area contributed by atoms with Gasteiger partial charge in [-0.15, -0.1) is 0 Å². The van der Waals surface area contributed by atoms with Gasteiger partial charge in [0.15, 0.2) is 6.20 Å². The number of anilines is 1. The summed E-state index contributed by atoms with van der Waals surface area (Å²) in [6, 6.07) is 13.4. The molecule has 2 heterocycles. The van der Waals surface area contributed by atoms with Crippen LogP contribution >= 0.6 is 11.8 Å². The van der Waals surface area contributed by atoms with Gasteiger partial charge in [-0.3, -0.25) is 4.79 Å². The number of hydrogen-bond acceptors (Lipinski definition) is 3. The molecule has 0 saturated heterocycles. The summed E-state index contributed by atoms with van der Waals surface area (Å²) >= 11 is 1.30. The third-order valence-corrected chi connectivity index (χ3v) is 4.99. The fraction of sp³-hybridized carbons (Fsp3) is 0.294. The Morgan fingerprint density at radius 2 is 2.05 bits per heavy atom. The number of hydrogen-bond donors (Lipinski definition) is 0. The molecule has 1 aliphatic rings. The fourth-order valence-corrected chi connectivity index (χ4v) is 3.73. The number of pyridine rings is 1. The Balaban J connectivity index is 1.81. The van der Waals surface area contributed by atoms with Crippen LogP contribution in [0.25, 0.3) is 0 Å². The van der Waals surface area contributed by atoms with Crippen molar-refractivity contribution in [3.63, 3.8) is 0 Å². The molecule has 5 heteroatoms. The third-order valence-electron chi connectivity index (χ3n) is 3.88. The standard InChI is InChI=1S/C17H18N2O2S/c1-12-11-14-7-3-4-8-15(14)19(12)17(20)13(2)22-16-9-5-6-10-18(16)21/h3-10,12-13H,11H2,1-2H3/t12-,13-/m1/s1. The molecule has 0 aliphatic carbocycles. The van der Waals surface area contributed by atoms with E-state index in [1.54, 1.807) is 12.1 Å². The van der Waals surface area contributed by atoms with Crippen molar-refractivity contribution >= 4 is 23.4 Å². The maximum atomic E-state index is 12.8. The molecule has 0 fully saturated rings. The highest BCUT2D eigenvalue weighted by molar-refractivity contribution is 8.00. The SMILES string of the molecule is C[C@@H]1Cc2ccccc2N1C(=O)[C@@H](C)Sc1cccc[n+]1[O-]. The molecule has 0 unspecified atom stereocenters. The van der Waals surface area contributed by atoms with E-state index < -0.39 is 0 Å². The Morgan fingerprint density at radius 3 is 2.82 bits per heavy atom. The predicted molar refractivity (Wildman–Crippen MR) is 87.8 cm³/mol. The number of thioether (sulfide) groups is 1. The van der Waals surface area contributed by atoms with E-state index in [0.717, 1.165) is 16.8 Å². The molecule has 22 heavy (non-hydrogen) atoms. The van der Waals surface area contributed by atoms with Gasteiger partial charge in [0.25, 0.3) is 5.03 Å². The molecular formula is C17H18N2O2S. The van der Waals surface area contributed by atoms with Crippen LogP contribution in [0.15, 0.2) is 53.7 Å². The largest absolute Gasteiger partial charge is 0.618 e. The minimum Gasteiger partial charge on any atom is -0.618 e. The molecule has 1 aromatic heterocycles. The number of carbonyl (C=O) groups is 1. The first-order chi connectivity index (χ1) is 10.6. The van der Waals surface area contributed by atoms with Gasteiger partial charge in [-0.25, -0.2) is 0 Å². The first kappa shape index (κ1) is 14.9. The van der Waals surface area contributed by atoms with E-state index >= 15 is 0 Å². The second-order valence-electron chi connectivity index (χ2n) is 5.51. The zero-order valence-corrected chi connectivity index (χ0v) is 13.4. The molecular weight excluding hydrogens is 296 g/mol. The molecule has 0 saturated carbocycles. The van der Waals surface area contributed by atoms with E-state index in [0.29, 0.717) is 5.03 Å². The summed E-state index contributed by atoms with van der Waals surface area (Å²) in [7, 11) is 0. The molecule has 2 aromatic rings. The van der Waals surface area contributed by atoms with Gasteiger partial charge < -0.3 is 10.1 Å². The number of fused-ring (bicyclic) bond motifs is 1. The lowest BCUT2D eigenvalue weighted by atomic mass is 10.1. The molecule has 1 amide bonds. The van der Waals surface area contributed by atoms with Crippen LogP contribution in [0.4, 0.5) is 5.69 Å². The van der Waals surface area contributed by atoms with Crippen LogP contribution in [0.2, 0.25) is 0 Å². The van der Waals surface area contributed by atoms with Crippen molar-refractivity contribution in [2.75, 3.05) is 4.90 Å². The first-order valence-electron chi connectivity index (χ1n) is 7.33. The van der Waals surface area contributed by atoms with E-state index in [2.05, 4.69) is 13.0 Å². The minimum atomic E-state index is -0.309. The molecule has 114 valence electrons. The minimum absolute atomic E-state index is 0.0475. The van der Waals surface area contributed by atoms with Gasteiger partial charge in [0.05, 0.1) is 5.25 Å². The molecule has 2 atom stereocenters. The van der Waals surface area contributed by atoms with Crippen LogP contribution in [0.3, 0.4) is 0 Å². The van der Waals surface area contributed by atoms with E-state index in [1.165, 1.54) is 23.5 Å². The van der Waals surface area contributed by atoms with E-state index in [4.69, 9.17) is 0 Å². The van der Waals surface area contributed by atoms with Gasteiger partial charge in [-0.05, 0) is 49.7 Å². The molecule has 0 bridgehead atoms. The summed E-state index contributed by atoms with van der Waals surface area (Å²) in [6.07, 6.45) is 2.33. The van der Waals surface area contributed by atoms with Crippen LogP contribution in [0.1, 0.15) is 19.4 Å². The lowest BCUT2D eigenvalue weighted by Gasteiger charge is -2.25. The Morgan fingerprint density at radius 1 is 1.32 bits per heavy atom. The summed E-state index contributed by atoms with van der Waals surface area (Å²) in [5, 5.41) is 12.0. The normalized spacial score (nSPS) is 18.1. The number of para-hydroxylation sites is 1. The Labute approximate surface area is 134 Å². The van der Waals surface area contributed by atoms with Crippen molar-refractivity contribution in [3.05, 3.63) is 59.4 Å². The summed E-state index contributed by atoms with van der Waals surface area (Å²) in [4.78, 5) is 14.7. The molecule has 0 N–H and O–H groups in total.